The number of rotatable bonds is 2. The first-order chi connectivity index (χ1) is 8.09. The normalized spacial score (nSPS) is 32.9. The predicted octanol–water partition coefficient (Wildman–Crippen LogP) is 2.89. The smallest absolute Gasteiger partial charge is 0.338 e. The number of fused-ring (bicyclic) bond motifs is 1. The maximum absolute atomic E-state index is 12.9. The molecule has 0 N–H and O–H groups in total. The fraction of sp³-hybridized carbons (Fsp3) is 0.462. The maximum atomic E-state index is 12.9. The topological polar surface area (TPSA) is 26.3 Å². The van der Waals surface area contributed by atoms with Crippen molar-refractivity contribution in [3.63, 3.8) is 0 Å². The van der Waals surface area contributed by atoms with E-state index in [1.54, 1.807) is 24.3 Å². The molecule has 0 radical (unpaired) electrons. The molecule has 3 rings (SSSR count). The van der Waals surface area contributed by atoms with Gasteiger partial charge in [-0.1, -0.05) is 18.2 Å². The molecule has 90 valence electrons. The van der Waals surface area contributed by atoms with Crippen molar-refractivity contribution in [2.45, 2.75) is 24.9 Å². The lowest BCUT2D eigenvalue weighted by atomic mass is 10.2. The minimum absolute atomic E-state index is 0.302. The zero-order chi connectivity index (χ0) is 12.0. The summed E-state index contributed by atoms with van der Waals surface area (Å²) < 4.78 is 31.1. The number of ether oxygens (including phenoxy) is 1. The molecule has 0 spiro atoms. The molecule has 0 aromatic heterocycles. The average Bonchev–Trinajstić information content (AvgIpc) is 2.68. The monoisotopic (exact) mass is 238 g/mol. The largest absolute Gasteiger partial charge is 0.459 e. The standard InChI is InChI=1S/C13H12F2O2/c14-13(15)10-6-9(7-11(10)13)17-12(16)8-4-2-1-3-5-8/h1-5,9-11H,6-7H2/t9?,10-,11+. The Morgan fingerprint density at radius 2 is 1.76 bits per heavy atom. The van der Waals surface area contributed by atoms with Gasteiger partial charge in [0.1, 0.15) is 6.10 Å². The van der Waals surface area contributed by atoms with Crippen molar-refractivity contribution in [1.29, 1.82) is 0 Å². The van der Waals surface area contributed by atoms with Crippen molar-refractivity contribution in [3.8, 4) is 0 Å². The van der Waals surface area contributed by atoms with Crippen molar-refractivity contribution in [1.82, 2.24) is 0 Å². The van der Waals surface area contributed by atoms with Crippen LogP contribution in [0.2, 0.25) is 0 Å². The Kier molecular flexibility index (Phi) is 2.21. The van der Waals surface area contributed by atoms with E-state index in [0.717, 1.165) is 0 Å². The molecule has 3 atom stereocenters. The van der Waals surface area contributed by atoms with Gasteiger partial charge in [-0.05, 0) is 25.0 Å². The first kappa shape index (κ1) is 10.7. The van der Waals surface area contributed by atoms with E-state index in [0.29, 0.717) is 18.4 Å². The molecule has 2 nitrogen and oxygen atoms in total. The zero-order valence-corrected chi connectivity index (χ0v) is 9.11. The van der Waals surface area contributed by atoms with Gasteiger partial charge in [-0.15, -0.1) is 0 Å². The minimum Gasteiger partial charge on any atom is -0.459 e. The van der Waals surface area contributed by atoms with E-state index < -0.39 is 23.7 Å². The van der Waals surface area contributed by atoms with E-state index in [1.165, 1.54) is 0 Å². The number of benzene rings is 1. The molecule has 0 heterocycles. The zero-order valence-electron chi connectivity index (χ0n) is 9.11. The van der Waals surface area contributed by atoms with Crippen LogP contribution in [0.25, 0.3) is 0 Å². The van der Waals surface area contributed by atoms with Crippen molar-refractivity contribution in [3.05, 3.63) is 35.9 Å². The molecule has 2 aliphatic carbocycles. The number of carbonyl (C=O) groups is 1. The third kappa shape index (κ3) is 1.72. The molecular weight excluding hydrogens is 226 g/mol. The molecule has 0 amide bonds. The predicted molar refractivity (Wildman–Crippen MR) is 56.8 cm³/mol. The van der Waals surface area contributed by atoms with E-state index in [1.807, 2.05) is 6.07 Å². The molecule has 0 bridgehead atoms. The Morgan fingerprint density at radius 1 is 1.18 bits per heavy atom. The minimum atomic E-state index is -2.50. The Labute approximate surface area is 97.6 Å². The van der Waals surface area contributed by atoms with Crippen molar-refractivity contribution in [2.75, 3.05) is 0 Å². The molecule has 17 heavy (non-hydrogen) atoms. The molecule has 1 aromatic rings. The van der Waals surface area contributed by atoms with Gasteiger partial charge in [0.15, 0.2) is 0 Å². The quantitative estimate of drug-likeness (QED) is 0.740. The summed E-state index contributed by atoms with van der Waals surface area (Å²) in [6, 6.07) is 8.62. The molecule has 1 aromatic carbocycles. The first-order valence-corrected chi connectivity index (χ1v) is 5.73. The summed E-state index contributed by atoms with van der Waals surface area (Å²) in [5.41, 5.74) is 0.472. The lowest BCUT2D eigenvalue weighted by Gasteiger charge is -2.15. The summed E-state index contributed by atoms with van der Waals surface area (Å²) >= 11 is 0. The van der Waals surface area contributed by atoms with E-state index in [-0.39, 0.29) is 6.10 Å². The SMILES string of the molecule is O=C(OC1C[C@@H]2[C@H](C1)C2(F)F)c1ccccc1. The number of esters is 1. The summed E-state index contributed by atoms with van der Waals surface area (Å²) in [5, 5.41) is 0. The summed E-state index contributed by atoms with van der Waals surface area (Å²) in [5.74, 6) is -4.04. The molecular formula is C13H12F2O2. The summed E-state index contributed by atoms with van der Waals surface area (Å²) in [6.45, 7) is 0. The van der Waals surface area contributed by atoms with Crippen molar-refractivity contribution in [2.24, 2.45) is 11.8 Å². The highest BCUT2D eigenvalue weighted by molar-refractivity contribution is 5.89. The van der Waals surface area contributed by atoms with Crippen LogP contribution in [0.3, 0.4) is 0 Å². The second-order valence-corrected chi connectivity index (χ2v) is 4.75. The van der Waals surface area contributed by atoms with E-state index in [2.05, 4.69) is 0 Å². The van der Waals surface area contributed by atoms with Crippen molar-refractivity contribution >= 4 is 5.97 Å². The molecule has 1 unspecified atom stereocenters. The third-order valence-electron chi connectivity index (χ3n) is 3.68. The van der Waals surface area contributed by atoms with Gasteiger partial charge in [0.05, 0.1) is 5.56 Å². The van der Waals surface area contributed by atoms with E-state index >= 15 is 0 Å². The van der Waals surface area contributed by atoms with Gasteiger partial charge in [-0.2, -0.15) is 0 Å². The Bertz CT molecular complexity index is 430. The van der Waals surface area contributed by atoms with Crippen LogP contribution < -0.4 is 0 Å². The Balaban J connectivity index is 1.58. The van der Waals surface area contributed by atoms with Gasteiger partial charge < -0.3 is 4.74 Å². The van der Waals surface area contributed by atoms with E-state index in [9.17, 15) is 13.6 Å². The van der Waals surface area contributed by atoms with Gasteiger partial charge in [0, 0.05) is 11.8 Å². The molecule has 4 heteroatoms. The molecule has 2 saturated carbocycles. The number of carbonyl (C=O) groups excluding carboxylic acids is 1. The second-order valence-electron chi connectivity index (χ2n) is 4.75. The van der Waals surface area contributed by atoms with Crippen LogP contribution in [0, 0.1) is 11.8 Å². The number of hydrogen-bond acceptors (Lipinski definition) is 2. The lowest BCUT2D eigenvalue weighted by Crippen LogP contribution is -2.20. The Hall–Kier alpha value is -1.45. The van der Waals surface area contributed by atoms with Crippen LogP contribution >= 0.6 is 0 Å². The van der Waals surface area contributed by atoms with Gasteiger partial charge in [-0.25, -0.2) is 13.6 Å². The van der Waals surface area contributed by atoms with Crippen LogP contribution in [-0.2, 0) is 4.74 Å². The highest BCUT2D eigenvalue weighted by atomic mass is 19.3. The van der Waals surface area contributed by atoms with Crippen LogP contribution in [0.5, 0.6) is 0 Å². The number of halogens is 2. The molecule has 2 aliphatic rings. The first-order valence-electron chi connectivity index (χ1n) is 5.73. The maximum Gasteiger partial charge on any atom is 0.338 e. The van der Waals surface area contributed by atoms with E-state index in [4.69, 9.17) is 4.74 Å². The summed E-state index contributed by atoms with van der Waals surface area (Å²) in [7, 11) is 0. The second kappa shape index (κ2) is 3.52. The molecule has 0 saturated heterocycles. The van der Waals surface area contributed by atoms with Gasteiger partial charge in [0.25, 0.3) is 5.92 Å². The van der Waals surface area contributed by atoms with Gasteiger partial charge in [0.2, 0.25) is 0 Å². The van der Waals surface area contributed by atoms with Crippen LogP contribution in [-0.4, -0.2) is 18.0 Å². The highest BCUT2D eigenvalue weighted by Gasteiger charge is 2.72. The van der Waals surface area contributed by atoms with Crippen molar-refractivity contribution < 1.29 is 18.3 Å². The van der Waals surface area contributed by atoms with Gasteiger partial charge in [-0.3, -0.25) is 0 Å². The Morgan fingerprint density at radius 3 is 2.35 bits per heavy atom. The fourth-order valence-electron chi connectivity index (χ4n) is 2.66. The van der Waals surface area contributed by atoms with Crippen LogP contribution in [0.1, 0.15) is 23.2 Å². The average molecular weight is 238 g/mol. The van der Waals surface area contributed by atoms with Gasteiger partial charge >= 0.3 is 5.97 Å². The lowest BCUT2D eigenvalue weighted by molar-refractivity contribution is 0.00729. The molecule has 2 fully saturated rings. The fourth-order valence-corrected chi connectivity index (χ4v) is 2.66. The summed E-state index contributed by atoms with van der Waals surface area (Å²) in [6.07, 6.45) is 0.268. The highest BCUT2D eigenvalue weighted by Crippen LogP contribution is 2.64. The van der Waals surface area contributed by atoms with Crippen LogP contribution in [0.4, 0.5) is 8.78 Å². The number of alkyl halides is 2. The number of hydrogen-bond donors (Lipinski definition) is 0. The summed E-state index contributed by atoms with van der Waals surface area (Å²) in [4.78, 5) is 11.7. The van der Waals surface area contributed by atoms with Crippen LogP contribution in [0.15, 0.2) is 30.3 Å². The molecule has 0 aliphatic heterocycles. The third-order valence-corrected chi connectivity index (χ3v) is 3.68.